The molecule has 4 heteroatoms. The molecule has 0 N–H and O–H groups in total. The SMILES string of the molecule is CCCC(=O)OC(=O)c1ccccc1Br. The zero-order valence-electron chi connectivity index (χ0n) is 8.33. The molecule has 0 amide bonds. The summed E-state index contributed by atoms with van der Waals surface area (Å²) in [5.41, 5.74) is 0.363. The zero-order chi connectivity index (χ0) is 11.3. The van der Waals surface area contributed by atoms with Crippen LogP contribution >= 0.6 is 15.9 Å². The second kappa shape index (κ2) is 5.66. The normalized spacial score (nSPS) is 9.73. The minimum absolute atomic E-state index is 0.260. The van der Waals surface area contributed by atoms with Crippen LogP contribution in [0.15, 0.2) is 28.7 Å². The fraction of sp³-hybridized carbons (Fsp3) is 0.273. The van der Waals surface area contributed by atoms with E-state index in [0.717, 1.165) is 0 Å². The molecule has 0 radical (unpaired) electrons. The minimum Gasteiger partial charge on any atom is -0.389 e. The Kier molecular flexibility index (Phi) is 4.49. The molecular weight excluding hydrogens is 260 g/mol. The molecule has 0 unspecified atom stereocenters. The number of carbonyl (C=O) groups excluding carboxylic acids is 2. The van der Waals surface area contributed by atoms with E-state index in [1.165, 1.54) is 0 Å². The topological polar surface area (TPSA) is 43.4 Å². The number of carbonyl (C=O) groups is 2. The van der Waals surface area contributed by atoms with Crippen molar-refractivity contribution < 1.29 is 14.3 Å². The number of halogens is 1. The summed E-state index contributed by atoms with van der Waals surface area (Å²) >= 11 is 3.21. The van der Waals surface area contributed by atoms with Crippen molar-refractivity contribution in [3.63, 3.8) is 0 Å². The van der Waals surface area contributed by atoms with E-state index in [-0.39, 0.29) is 6.42 Å². The summed E-state index contributed by atoms with van der Waals surface area (Å²) in [6.07, 6.45) is 0.929. The fourth-order valence-corrected chi connectivity index (χ4v) is 1.49. The molecule has 0 saturated heterocycles. The molecule has 0 spiro atoms. The van der Waals surface area contributed by atoms with Gasteiger partial charge in [-0.1, -0.05) is 19.1 Å². The zero-order valence-corrected chi connectivity index (χ0v) is 9.91. The van der Waals surface area contributed by atoms with Gasteiger partial charge in [-0.25, -0.2) is 4.79 Å². The average molecular weight is 271 g/mol. The summed E-state index contributed by atoms with van der Waals surface area (Å²) in [6.45, 7) is 1.85. The summed E-state index contributed by atoms with van der Waals surface area (Å²) in [4.78, 5) is 22.6. The first-order chi connectivity index (χ1) is 7.15. The molecule has 0 bridgehead atoms. The maximum Gasteiger partial charge on any atom is 0.346 e. The number of hydrogen-bond acceptors (Lipinski definition) is 3. The Morgan fingerprint density at radius 1 is 1.33 bits per heavy atom. The van der Waals surface area contributed by atoms with Crippen LogP contribution in [0.2, 0.25) is 0 Å². The monoisotopic (exact) mass is 270 g/mol. The maximum atomic E-state index is 11.5. The molecule has 1 rings (SSSR count). The van der Waals surface area contributed by atoms with Crippen LogP contribution in [-0.2, 0) is 9.53 Å². The van der Waals surface area contributed by atoms with E-state index in [4.69, 9.17) is 0 Å². The van der Waals surface area contributed by atoms with Crippen molar-refractivity contribution in [1.29, 1.82) is 0 Å². The largest absolute Gasteiger partial charge is 0.389 e. The lowest BCUT2D eigenvalue weighted by Gasteiger charge is -2.03. The highest BCUT2D eigenvalue weighted by Gasteiger charge is 2.14. The third-order valence-electron chi connectivity index (χ3n) is 1.75. The molecule has 0 aliphatic carbocycles. The molecule has 1 aromatic rings. The van der Waals surface area contributed by atoms with Gasteiger partial charge >= 0.3 is 11.9 Å². The van der Waals surface area contributed by atoms with Gasteiger partial charge in [0, 0.05) is 10.9 Å². The van der Waals surface area contributed by atoms with Gasteiger partial charge in [-0.15, -0.1) is 0 Å². The molecule has 80 valence electrons. The lowest BCUT2D eigenvalue weighted by atomic mass is 10.2. The first-order valence-corrected chi connectivity index (χ1v) is 5.44. The second-order valence-electron chi connectivity index (χ2n) is 2.99. The van der Waals surface area contributed by atoms with Crippen molar-refractivity contribution >= 4 is 27.9 Å². The van der Waals surface area contributed by atoms with Crippen molar-refractivity contribution in [2.45, 2.75) is 19.8 Å². The highest BCUT2D eigenvalue weighted by molar-refractivity contribution is 9.10. The Hall–Kier alpha value is -1.16. The molecule has 0 heterocycles. The molecule has 15 heavy (non-hydrogen) atoms. The third-order valence-corrected chi connectivity index (χ3v) is 2.45. The molecule has 0 atom stereocenters. The predicted octanol–water partition coefficient (Wildman–Crippen LogP) is 2.93. The molecule has 3 nitrogen and oxygen atoms in total. The summed E-state index contributed by atoms with van der Waals surface area (Å²) < 4.78 is 5.27. The van der Waals surface area contributed by atoms with Crippen LogP contribution in [0.5, 0.6) is 0 Å². The Morgan fingerprint density at radius 3 is 2.60 bits per heavy atom. The van der Waals surface area contributed by atoms with Crippen molar-refractivity contribution in [2.75, 3.05) is 0 Å². The average Bonchev–Trinajstić information content (AvgIpc) is 2.18. The van der Waals surface area contributed by atoms with E-state index < -0.39 is 11.9 Å². The predicted molar refractivity (Wildman–Crippen MR) is 59.5 cm³/mol. The molecule has 0 fully saturated rings. The number of esters is 2. The van der Waals surface area contributed by atoms with Crippen LogP contribution in [0.3, 0.4) is 0 Å². The van der Waals surface area contributed by atoms with Gasteiger partial charge in [-0.05, 0) is 34.5 Å². The fourth-order valence-electron chi connectivity index (χ4n) is 1.04. The van der Waals surface area contributed by atoms with Crippen LogP contribution in [0.4, 0.5) is 0 Å². The number of benzene rings is 1. The first kappa shape index (κ1) is 11.9. The number of rotatable bonds is 3. The molecule has 0 aliphatic rings. The molecule has 0 aromatic heterocycles. The smallest absolute Gasteiger partial charge is 0.346 e. The summed E-state index contributed by atoms with van der Waals surface area (Å²) in [5.74, 6) is -1.10. The van der Waals surface area contributed by atoms with E-state index in [1.54, 1.807) is 24.3 Å². The van der Waals surface area contributed by atoms with Gasteiger partial charge in [-0.3, -0.25) is 4.79 Å². The highest BCUT2D eigenvalue weighted by Crippen LogP contribution is 2.16. The van der Waals surface area contributed by atoms with E-state index in [1.807, 2.05) is 6.92 Å². The van der Waals surface area contributed by atoms with Crippen LogP contribution in [0.1, 0.15) is 30.1 Å². The van der Waals surface area contributed by atoms with Gasteiger partial charge < -0.3 is 4.74 Å². The Bertz CT molecular complexity index is 374. The lowest BCUT2D eigenvalue weighted by molar-refractivity contribution is -0.137. The Labute approximate surface area is 96.6 Å². The van der Waals surface area contributed by atoms with Crippen molar-refractivity contribution in [2.24, 2.45) is 0 Å². The number of ether oxygens (including phenoxy) is 1. The molecule has 1 aromatic carbocycles. The van der Waals surface area contributed by atoms with Gasteiger partial charge in [0.05, 0.1) is 5.56 Å². The van der Waals surface area contributed by atoms with Gasteiger partial charge in [0.15, 0.2) is 0 Å². The second-order valence-corrected chi connectivity index (χ2v) is 3.85. The summed E-state index contributed by atoms with van der Waals surface area (Å²) in [5, 5.41) is 0. The van der Waals surface area contributed by atoms with E-state index >= 15 is 0 Å². The molecule has 0 aliphatic heterocycles. The Balaban J connectivity index is 2.70. The van der Waals surface area contributed by atoms with Gasteiger partial charge in [0.2, 0.25) is 0 Å². The van der Waals surface area contributed by atoms with Crippen molar-refractivity contribution in [1.82, 2.24) is 0 Å². The quantitative estimate of drug-likeness (QED) is 0.627. The van der Waals surface area contributed by atoms with E-state index in [9.17, 15) is 9.59 Å². The summed E-state index contributed by atoms with van der Waals surface area (Å²) in [7, 11) is 0. The van der Waals surface area contributed by atoms with Crippen LogP contribution in [0, 0.1) is 0 Å². The first-order valence-electron chi connectivity index (χ1n) is 4.64. The van der Waals surface area contributed by atoms with Gasteiger partial charge in [0.25, 0.3) is 0 Å². The van der Waals surface area contributed by atoms with Crippen molar-refractivity contribution in [3.8, 4) is 0 Å². The van der Waals surface area contributed by atoms with E-state index in [0.29, 0.717) is 16.5 Å². The minimum atomic E-state index is -0.610. The summed E-state index contributed by atoms with van der Waals surface area (Å²) in [6, 6.07) is 6.83. The third kappa shape index (κ3) is 3.47. The van der Waals surface area contributed by atoms with E-state index in [2.05, 4.69) is 20.7 Å². The van der Waals surface area contributed by atoms with Crippen LogP contribution in [0.25, 0.3) is 0 Å². The standard InChI is InChI=1S/C11H11BrO3/c1-2-5-10(13)15-11(14)8-6-3-4-7-9(8)12/h3-4,6-7H,2,5H2,1H3. The van der Waals surface area contributed by atoms with Crippen LogP contribution in [-0.4, -0.2) is 11.9 Å². The highest BCUT2D eigenvalue weighted by atomic mass is 79.9. The van der Waals surface area contributed by atoms with Gasteiger partial charge in [-0.2, -0.15) is 0 Å². The Morgan fingerprint density at radius 2 is 2.00 bits per heavy atom. The van der Waals surface area contributed by atoms with Gasteiger partial charge in [0.1, 0.15) is 0 Å². The maximum absolute atomic E-state index is 11.5. The molecular formula is C11H11BrO3. The number of hydrogen-bond donors (Lipinski definition) is 0. The van der Waals surface area contributed by atoms with Crippen molar-refractivity contribution in [3.05, 3.63) is 34.3 Å². The molecule has 0 saturated carbocycles. The lowest BCUT2D eigenvalue weighted by Crippen LogP contribution is -2.12. The van der Waals surface area contributed by atoms with Crippen LogP contribution < -0.4 is 0 Å².